The Hall–Kier alpha value is -2.92. The first kappa shape index (κ1) is 20.8. The number of hydrogen-bond donors (Lipinski definition) is 0. The maximum Gasteiger partial charge on any atom is 0.336 e. The molecule has 1 aliphatic rings. The highest BCUT2D eigenvalue weighted by Gasteiger charge is 2.37. The summed E-state index contributed by atoms with van der Waals surface area (Å²) in [5.41, 5.74) is 2.01. The van der Waals surface area contributed by atoms with Crippen molar-refractivity contribution in [2.75, 3.05) is 6.61 Å². The number of carbonyl (C=O) groups excluding carboxylic acids is 2. The molecule has 1 heterocycles. The van der Waals surface area contributed by atoms with Crippen LogP contribution in [-0.2, 0) is 20.9 Å². The Balaban J connectivity index is 2.03. The van der Waals surface area contributed by atoms with E-state index in [2.05, 4.69) is 6.58 Å². The molecule has 6 heteroatoms. The van der Waals surface area contributed by atoms with Gasteiger partial charge in [-0.15, -0.1) is 0 Å². The van der Waals surface area contributed by atoms with Crippen molar-refractivity contribution in [3.05, 3.63) is 94.4 Å². The number of rotatable bonds is 6. The predicted molar refractivity (Wildman–Crippen MR) is 110 cm³/mol. The lowest BCUT2D eigenvalue weighted by atomic mass is 9.83. The van der Waals surface area contributed by atoms with Gasteiger partial charge in [-0.2, -0.15) is 0 Å². The Kier molecular flexibility index (Phi) is 6.49. The van der Waals surface area contributed by atoms with E-state index in [1.807, 2.05) is 0 Å². The molecule has 0 unspecified atom stereocenters. The monoisotopic (exact) mass is 413 g/mol. The van der Waals surface area contributed by atoms with E-state index in [4.69, 9.17) is 16.3 Å². The number of hydrogen-bond acceptors (Lipinski definition) is 3. The lowest BCUT2D eigenvalue weighted by Crippen LogP contribution is -2.38. The minimum Gasteiger partial charge on any atom is -0.458 e. The summed E-state index contributed by atoms with van der Waals surface area (Å²) in [5.74, 6) is -1.57. The van der Waals surface area contributed by atoms with Gasteiger partial charge in [0.05, 0.1) is 12.1 Å². The largest absolute Gasteiger partial charge is 0.458 e. The molecule has 2 aromatic rings. The van der Waals surface area contributed by atoms with Gasteiger partial charge in [-0.1, -0.05) is 54.6 Å². The molecule has 1 aliphatic heterocycles. The molecule has 0 spiro atoms. The van der Waals surface area contributed by atoms with Crippen molar-refractivity contribution >= 4 is 23.5 Å². The zero-order valence-corrected chi connectivity index (χ0v) is 16.8. The normalized spacial score (nSPS) is 16.7. The van der Waals surface area contributed by atoms with Crippen molar-refractivity contribution in [3.63, 3.8) is 0 Å². The van der Waals surface area contributed by atoms with E-state index in [0.29, 0.717) is 21.9 Å². The average Bonchev–Trinajstić information content (AvgIpc) is 2.70. The average molecular weight is 414 g/mol. The summed E-state index contributed by atoms with van der Waals surface area (Å²) in [4.78, 5) is 27.2. The Morgan fingerprint density at radius 3 is 2.62 bits per heavy atom. The molecule has 2 aromatic carbocycles. The molecule has 0 aliphatic carbocycles. The number of esters is 1. The first-order valence-electron chi connectivity index (χ1n) is 9.20. The molecule has 1 amide bonds. The number of amides is 1. The van der Waals surface area contributed by atoms with Crippen molar-refractivity contribution in [3.8, 4) is 0 Å². The maximum absolute atomic E-state index is 14.1. The van der Waals surface area contributed by atoms with Gasteiger partial charge in [-0.05, 0) is 30.7 Å². The van der Waals surface area contributed by atoms with E-state index < -0.39 is 17.7 Å². The van der Waals surface area contributed by atoms with Crippen LogP contribution in [0.5, 0.6) is 0 Å². The van der Waals surface area contributed by atoms with E-state index in [1.165, 1.54) is 17.0 Å². The third-order valence-corrected chi connectivity index (χ3v) is 5.19. The lowest BCUT2D eigenvalue weighted by Gasteiger charge is -2.34. The molecule has 0 saturated heterocycles. The van der Waals surface area contributed by atoms with Gasteiger partial charge >= 0.3 is 5.97 Å². The lowest BCUT2D eigenvalue weighted by molar-refractivity contribution is -0.139. The van der Waals surface area contributed by atoms with Gasteiger partial charge < -0.3 is 9.64 Å². The van der Waals surface area contributed by atoms with Crippen molar-refractivity contribution in [1.29, 1.82) is 0 Å². The highest BCUT2D eigenvalue weighted by atomic mass is 35.5. The molecular weight excluding hydrogens is 393 g/mol. The van der Waals surface area contributed by atoms with Crippen LogP contribution in [0, 0.1) is 5.82 Å². The molecule has 0 aromatic heterocycles. The fourth-order valence-corrected chi connectivity index (χ4v) is 3.58. The van der Waals surface area contributed by atoms with E-state index in [-0.39, 0.29) is 25.5 Å². The number of nitrogens with zero attached hydrogens (tertiary/aromatic N) is 1. The van der Waals surface area contributed by atoms with Crippen LogP contribution < -0.4 is 0 Å². The molecular formula is C23H21ClFNO3. The molecule has 1 atom stereocenters. The van der Waals surface area contributed by atoms with Crippen LogP contribution in [0.2, 0.25) is 5.02 Å². The number of benzene rings is 2. The van der Waals surface area contributed by atoms with Gasteiger partial charge in [-0.3, -0.25) is 4.79 Å². The number of halogens is 2. The summed E-state index contributed by atoms with van der Waals surface area (Å²) in [7, 11) is 0. The Labute approximate surface area is 174 Å². The van der Waals surface area contributed by atoms with Gasteiger partial charge in [0.25, 0.3) is 0 Å². The second kappa shape index (κ2) is 9.05. The summed E-state index contributed by atoms with van der Waals surface area (Å²) >= 11 is 5.98. The smallest absolute Gasteiger partial charge is 0.336 e. The Morgan fingerprint density at radius 1 is 1.28 bits per heavy atom. The highest BCUT2D eigenvalue weighted by Crippen LogP contribution is 2.38. The molecule has 0 N–H and O–H groups in total. The van der Waals surface area contributed by atoms with Crippen LogP contribution in [0.4, 0.5) is 4.39 Å². The topological polar surface area (TPSA) is 46.6 Å². The van der Waals surface area contributed by atoms with E-state index in [1.54, 1.807) is 49.4 Å². The number of carbonyl (C=O) groups is 2. The standard InChI is InChI=1S/C23H21ClFNO3/c1-3-12-29-23(28)22-15(2)26(14-17-6-4-5-7-20(17)25)21(27)13-19(22)16-8-10-18(24)11-9-16/h3-11,19H,1,12-14H2,2H3/t19-/m1/s1. The summed E-state index contributed by atoms with van der Waals surface area (Å²) in [6, 6.07) is 13.3. The van der Waals surface area contributed by atoms with Crippen molar-refractivity contribution in [2.45, 2.75) is 25.8 Å². The Bertz CT molecular complexity index is 968. The van der Waals surface area contributed by atoms with Crippen molar-refractivity contribution in [2.24, 2.45) is 0 Å². The molecule has 150 valence electrons. The first-order valence-corrected chi connectivity index (χ1v) is 9.58. The minimum absolute atomic E-state index is 0.0446. The van der Waals surface area contributed by atoms with Crippen LogP contribution in [0.3, 0.4) is 0 Å². The van der Waals surface area contributed by atoms with Crippen LogP contribution in [-0.4, -0.2) is 23.4 Å². The van der Waals surface area contributed by atoms with Crippen molar-refractivity contribution in [1.82, 2.24) is 4.90 Å². The molecule has 0 fully saturated rings. The maximum atomic E-state index is 14.1. The quantitative estimate of drug-likeness (QED) is 0.494. The van der Waals surface area contributed by atoms with Crippen LogP contribution in [0.15, 0.2) is 72.5 Å². The van der Waals surface area contributed by atoms with Crippen LogP contribution >= 0.6 is 11.6 Å². The van der Waals surface area contributed by atoms with Crippen molar-refractivity contribution < 1.29 is 18.7 Å². The highest BCUT2D eigenvalue weighted by molar-refractivity contribution is 6.30. The Morgan fingerprint density at radius 2 is 1.97 bits per heavy atom. The number of ether oxygens (including phenoxy) is 1. The summed E-state index contributed by atoms with van der Waals surface area (Å²) in [6.07, 6.45) is 1.56. The van der Waals surface area contributed by atoms with Gasteiger partial charge in [0.1, 0.15) is 12.4 Å². The van der Waals surface area contributed by atoms with Gasteiger partial charge in [-0.25, -0.2) is 9.18 Å². The molecule has 0 bridgehead atoms. The molecule has 3 rings (SSSR count). The predicted octanol–water partition coefficient (Wildman–Crippen LogP) is 5.00. The van der Waals surface area contributed by atoms with Gasteiger partial charge in [0.2, 0.25) is 5.91 Å². The SMILES string of the molecule is C=CCOC(=O)C1=C(C)N(Cc2ccccc2F)C(=O)C[C@@H]1c1ccc(Cl)cc1. The fourth-order valence-electron chi connectivity index (χ4n) is 3.46. The van der Waals surface area contributed by atoms with E-state index in [0.717, 1.165) is 5.56 Å². The zero-order valence-electron chi connectivity index (χ0n) is 16.0. The summed E-state index contributed by atoms with van der Waals surface area (Å²) in [5, 5.41) is 0.563. The third-order valence-electron chi connectivity index (χ3n) is 4.93. The first-order chi connectivity index (χ1) is 13.9. The molecule has 29 heavy (non-hydrogen) atoms. The van der Waals surface area contributed by atoms with Crippen LogP contribution in [0.1, 0.15) is 30.4 Å². The van der Waals surface area contributed by atoms with E-state index in [9.17, 15) is 14.0 Å². The molecule has 4 nitrogen and oxygen atoms in total. The summed E-state index contributed by atoms with van der Waals surface area (Å²) in [6.45, 7) is 5.35. The van der Waals surface area contributed by atoms with Gasteiger partial charge in [0.15, 0.2) is 0 Å². The third kappa shape index (κ3) is 4.57. The second-order valence-corrected chi connectivity index (χ2v) is 7.20. The zero-order chi connectivity index (χ0) is 21.0. The van der Waals surface area contributed by atoms with Gasteiger partial charge in [0, 0.05) is 28.6 Å². The van der Waals surface area contributed by atoms with Crippen LogP contribution in [0.25, 0.3) is 0 Å². The fraction of sp³-hybridized carbons (Fsp3) is 0.217. The van der Waals surface area contributed by atoms with E-state index >= 15 is 0 Å². The molecule has 0 radical (unpaired) electrons. The molecule has 0 saturated carbocycles. The summed E-state index contributed by atoms with van der Waals surface area (Å²) < 4.78 is 19.4. The minimum atomic E-state index is -0.520. The second-order valence-electron chi connectivity index (χ2n) is 6.77. The number of allylic oxidation sites excluding steroid dienone is 1.